The van der Waals surface area contributed by atoms with Crippen LogP contribution in [0.2, 0.25) is 5.02 Å². The van der Waals surface area contributed by atoms with Gasteiger partial charge in [0.25, 0.3) is 5.91 Å². The van der Waals surface area contributed by atoms with Crippen LogP contribution in [0, 0.1) is 0 Å². The maximum Gasteiger partial charge on any atom is 0.338 e. The molecule has 2 aromatic rings. The van der Waals surface area contributed by atoms with E-state index in [2.05, 4.69) is 21.2 Å². The fourth-order valence-corrected chi connectivity index (χ4v) is 2.57. The molecule has 0 aliphatic rings. The lowest BCUT2D eigenvalue weighted by Gasteiger charge is -2.17. The fourth-order valence-electron chi connectivity index (χ4n) is 1.99. The molecule has 0 aromatic heterocycles. The number of hydrogen-bond donors (Lipinski definition) is 1. The van der Waals surface area contributed by atoms with E-state index in [1.165, 1.54) is 11.9 Å². The zero-order valence-corrected chi connectivity index (χ0v) is 16.2. The number of benzene rings is 2. The first-order chi connectivity index (χ1) is 12.4. The molecule has 1 N–H and O–H groups in total. The standard InChI is InChI=1S/C18H16BrClN2O4/c1-22(10-16(23)21-15-8-3-2-7-14(15)20)17(24)11-26-18(25)12-5-4-6-13(19)9-12/h2-9H,10-11H2,1H3,(H,21,23). The Morgan fingerprint density at radius 3 is 2.58 bits per heavy atom. The quantitative estimate of drug-likeness (QED) is 0.700. The topological polar surface area (TPSA) is 75.7 Å². The van der Waals surface area contributed by atoms with Gasteiger partial charge >= 0.3 is 5.97 Å². The highest BCUT2D eigenvalue weighted by Crippen LogP contribution is 2.20. The molecule has 0 aliphatic carbocycles. The molecule has 0 unspecified atom stereocenters. The molecule has 6 nitrogen and oxygen atoms in total. The van der Waals surface area contributed by atoms with Crippen LogP contribution in [0.25, 0.3) is 0 Å². The zero-order valence-electron chi connectivity index (χ0n) is 13.9. The monoisotopic (exact) mass is 438 g/mol. The number of anilines is 1. The number of nitrogens with one attached hydrogen (secondary N) is 1. The van der Waals surface area contributed by atoms with Gasteiger partial charge in [-0.2, -0.15) is 0 Å². The van der Waals surface area contributed by atoms with Crippen LogP contribution in [-0.4, -0.2) is 42.9 Å². The summed E-state index contributed by atoms with van der Waals surface area (Å²) in [6.07, 6.45) is 0. The number of likely N-dealkylation sites (N-methyl/N-ethyl adjacent to an activating group) is 1. The molecule has 8 heteroatoms. The number of esters is 1. The van der Waals surface area contributed by atoms with E-state index < -0.39 is 24.4 Å². The van der Waals surface area contributed by atoms with Crippen LogP contribution in [-0.2, 0) is 14.3 Å². The van der Waals surface area contributed by atoms with Crippen molar-refractivity contribution < 1.29 is 19.1 Å². The van der Waals surface area contributed by atoms with Gasteiger partial charge in [0.1, 0.15) is 0 Å². The van der Waals surface area contributed by atoms with Crippen LogP contribution in [0.1, 0.15) is 10.4 Å². The van der Waals surface area contributed by atoms with Crippen molar-refractivity contribution in [1.82, 2.24) is 4.90 Å². The molecule has 2 rings (SSSR count). The number of rotatable bonds is 6. The highest BCUT2D eigenvalue weighted by atomic mass is 79.9. The Hall–Kier alpha value is -2.38. The Morgan fingerprint density at radius 1 is 1.15 bits per heavy atom. The van der Waals surface area contributed by atoms with E-state index in [9.17, 15) is 14.4 Å². The van der Waals surface area contributed by atoms with Crippen molar-refractivity contribution in [1.29, 1.82) is 0 Å². The van der Waals surface area contributed by atoms with E-state index in [0.717, 1.165) is 4.47 Å². The third kappa shape index (κ3) is 5.86. The van der Waals surface area contributed by atoms with E-state index in [-0.39, 0.29) is 6.54 Å². The minimum Gasteiger partial charge on any atom is -0.452 e. The first-order valence-electron chi connectivity index (χ1n) is 7.58. The number of hydrogen-bond acceptors (Lipinski definition) is 4. The van der Waals surface area contributed by atoms with Crippen LogP contribution in [0.4, 0.5) is 5.69 Å². The van der Waals surface area contributed by atoms with Crippen LogP contribution in [0.3, 0.4) is 0 Å². The van der Waals surface area contributed by atoms with E-state index in [0.29, 0.717) is 16.3 Å². The van der Waals surface area contributed by atoms with Crippen LogP contribution in [0.5, 0.6) is 0 Å². The predicted molar refractivity (Wildman–Crippen MR) is 102 cm³/mol. The molecule has 0 heterocycles. The number of ether oxygens (including phenoxy) is 1. The normalized spacial score (nSPS) is 10.1. The number of carbonyl (C=O) groups excluding carboxylic acids is 3. The molecule has 0 aliphatic heterocycles. The van der Waals surface area contributed by atoms with Gasteiger partial charge in [-0.1, -0.05) is 45.7 Å². The Kier molecular flexibility index (Phi) is 7.17. The molecule has 136 valence electrons. The molecule has 0 spiro atoms. The van der Waals surface area contributed by atoms with Gasteiger partial charge in [0, 0.05) is 11.5 Å². The highest BCUT2D eigenvalue weighted by Gasteiger charge is 2.16. The summed E-state index contributed by atoms with van der Waals surface area (Å²) in [5.41, 5.74) is 0.785. The Morgan fingerprint density at radius 2 is 1.88 bits per heavy atom. The summed E-state index contributed by atoms with van der Waals surface area (Å²) in [5.74, 6) is -1.52. The van der Waals surface area contributed by atoms with Crippen molar-refractivity contribution in [3.05, 3.63) is 63.6 Å². The lowest BCUT2D eigenvalue weighted by Crippen LogP contribution is -2.37. The second-order valence-electron chi connectivity index (χ2n) is 5.36. The summed E-state index contributed by atoms with van der Waals surface area (Å²) in [7, 11) is 1.45. The molecule has 26 heavy (non-hydrogen) atoms. The van der Waals surface area contributed by atoms with Crippen molar-refractivity contribution in [3.8, 4) is 0 Å². The molecule has 0 atom stereocenters. The van der Waals surface area contributed by atoms with Gasteiger partial charge in [0.2, 0.25) is 5.91 Å². The fraction of sp³-hybridized carbons (Fsp3) is 0.167. The summed E-state index contributed by atoms with van der Waals surface area (Å²) in [4.78, 5) is 37.1. The maximum atomic E-state index is 12.0. The maximum absolute atomic E-state index is 12.0. The predicted octanol–water partition coefficient (Wildman–Crippen LogP) is 3.36. The van der Waals surface area contributed by atoms with E-state index in [4.69, 9.17) is 16.3 Å². The van der Waals surface area contributed by atoms with Crippen molar-refractivity contribution in [2.45, 2.75) is 0 Å². The van der Waals surface area contributed by atoms with Gasteiger partial charge in [-0.25, -0.2) is 4.79 Å². The number of carbonyl (C=O) groups is 3. The van der Waals surface area contributed by atoms with Crippen molar-refractivity contribution in [3.63, 3.8) is 0 Å². The number of halogens is 2. The SMILES string of the molecule is CN(CC(=O)Nc1ccccc1Cl)C(=O)COC(=O)c1cccc(Br)c1. The van der Waals surface area contributed by atoms with Crippen LogP contribution < -0.4 is 5.32 Å². The largest absolute Gasteiger partial charge is 0.452 e. The van der Waals surface area contributed by atoms with E-state index >= 15 is 0 Å². The van der Waals surface area contributed by atoms with Crippen molar-refractivity contribution in [2.24, 2.45) is 0 Å². The average Bonchev–Trinajstić information content (AvgIpc) is 2.61. The first kappa shape index (κ1) is 19.9. The Labute approximate surface area is 164 Å². The second kappa shape index (κ2) is 9.35. The number of nitrogens with zero attached hydrogens (tertiary/aromatic N) is 1. The molecular weight excluding hydrogens is 424 g/mol. The van der Waals surface area contributed by atoms with Gasteiger partial charge in [-0.15, -0.1) is 0 Å². The summed E-state index contributed by atoms with van der Waals surface area (Å²) in [5, 5.41) is 3.02. The van der Waals surface area contributed by atoms with E-state index in [1.807, 2.05) is 0 Å². The summed E-state index contributed by atoms with van der Waals surface area (Å²) >= 11 is 9.22. The van der Waals surface area contributed by atoms with Crippen molar-refractivity contribution >= 4 is 51.0 Å². The molecule has 0 fully saturated rings. The molecule has 2 aromatic carbocycles. The highest BCUT2D eigenvalue weighted by molar-refractivity contribution is 9.10. The van der Waals surface area contributed by atoms with Gasteiger partial charge in [0.15, 0.2) is 6.61 Å². The molecule has 0 saturated carbocycles. The summed E-state index contributed by atoms with van der Waals surface area (Å²) in [6.45, 7) is -0.653. The Bertz CT molecular complexity index is 828. The number of amides is 2. The van der Waals surface area contributed by atoms with Gasteiger partial charge in [-0.05, 0) is 30.3 Å². The molecular formula is C18H16BrClN2O4. The number of para-hydroxylation sites is 1. The molecule has 0 bridgehead atoms. The Balaban J connectivity index is 1.82. The third-order valence-electron chi connectivity index (χ3n) is 3.34. The lowest BCUT2D eigenvalue weighted by atomic mass is 10.2. The smallest absolute Gasteiger partial charge is 0.338 e. The summed E-state index contributed by atoms with van der Waals surface area (Å²) < 4.78 is 5.71. The zero-order chi connectivity index (χ0) is 19.1. The van der Waals surface area contributed by atoms with E-state index in [1.54, 1.807) is 48.5 Å². The molecule has 2 amide bonds. The summed E-state index contributed by atoms with van der Waals surface area (Å²) in [6, 6.07) is 13.4. The van der Waals surface area contributed by atoms with Gasteiger partial charge in [-0.3, -0.25) is 9.59 Å². The average molecular weight is 440 g/mol. The first-order valence-corrected chi connectivity index (χ1v) is 8.75. The molecule has 0 radical (unpaired) electrons. The minimum absolute atomic E-state index is 0.196. The minimum atomic E-state index is -0.617. The van der Waals surface area contributed by atoms with Crippen molar-refractivity contribution in [2.75, 3.05) is 25.5 Å². The second-order valence-corrected chi connectivity index (χ2v) is 6.69. The van der Waals surface area contributed by atoms with Gasteiger partial charge < -0.3 is 15.0 Å². The molecule has 0 saturated heterocycles. The van der Waals surface area contributed by atoms with Crippen LogP contribution >= 0.6 is 27.5 Å². The van der Waals surface area contributed by atoms with Crippen LogP contribution in [0.15, 0.2) is 53.0 Å². The van der Waals surface area contributed by atoms with Gasteiger partial charge in [0.05, 0.1) is 22.8 Å². The third-order valence-corrected chi connectivity index (χ3v) is 4.16. The lowest BCUT2D eigenvalue weighted by molar-refractivity contribution is -0.136.